The average molecular weight is 368 g/mol. The third-order valence-electron chi connectivity index (χ3n) is 3.72. The standard InChI is InChI=1S/C14H14BrF4NO/c1-8-6-10(12(16)7-11(8)15)13(21)20-4-2-9(3-5-20)14(17,18)19/h6-7,9H,2-5H2,1H3. The monoisotopic (exact) mass is 367 g/mol. The molecule has 0 saturated carbocycles. The van der Waals surface area contributed by atoms with Crippen molar-refractivity contribution in [3.8, 4) is 0 Å². The van der Waals surface area contributed by atoms with Crippen molar-refractivity contribution in [1.29, 1.82) is 0 Å². The van der Waals surface area contributed by atoms with Gasteiger partial charge in [0.1, 0.15) is 5.82 Å². The molecule has 1 amide bonds. The van der Waals surface area contributed by atoms with E-state index in [0.29, 0.717) is 10.0 Å². The number of rotatable bonds is 1. The number of nitrogens with zero attached hydrogens (tertiary/aromatic N) is 1. The summed E-state index contributed by atoms with van der Waals surface area (Å²) in [5.74, 6) is -2.60. The molecule has 1 fully saturated rings. The number of likely N-dealkylation sites (tertiary alicyclic amines) is 1. The fourth-order valence-corrected chi connectivity index (χ4v) is 2.72. The molecule has 0 radical (unpaired) electrons. The fraction of sp³-hybridized carbons (Fsp3) is 0.500. The van der Waals surface area contributed by atoms with Crippen LogP contribution in [0.3, 0.4) is 0 Å². The number of carbonyl (C=O) groups is 1. The molecule has 0 aromatic heterocycles. The van der Waals surface area contributed by atoms with E-state index in [9.17, 15) is 22.4 Å². The van der Waals surface area contributed by atoms with E-state index in [2.05, 4.69) is 15.9 Å². The smallest absolute Gasteiger partial charge is 0.339 e. The molecular weight excluding hydrogens is 354 g/mol. The number of carbonyl (C=O) groups excluding carboxylic acids is 1. The summed E-state index contributed by atoms with van der Waals surface area (Å²) < 4.78 is 52.1. The summed E-state index contributed by atoms with van der Waals surface area (Å²) in [6, 6.07) is 2.61. The Bertz CT molecular complexity index is 551. The second-order valence-electron chi connectivity index (χ2n) is 5.19. The zero-order valence-corrected chi connectivity index (χ0v) is 12.9. The summed E-state index contributed by atoms with van der Waals surface area (Å²) in [6.07, 6.45) is -4.49. The van der Waals surface area contributed by atoms with Crippen molar-refractivity contribution < 1.29 is 22.4 Å². The van der Waals surface area contributed by atoms with Crippen LogP contribution in [0.2, 0.25) is 0 Å². The third-order valence-corrected chi connectivity index (χ3v) is 4.58. The van der Waals surface area contributed by atoms with Crippen LogP contribution in [0, 0.1) is 18.7 Å². The maximum Gasteiger partial charge on any atom is 0.391 e. The van der Waals surface area contributed by atoms with E-state index in [1.54, 1.807) is 6.92 Å². The number of halogens is 5. The Balaban J connectivity index is 2.11. The Hall–Kier alpha value is -1.11. The minimum absolute atomic E-state index is 0.00242. The van der Waals surface area contributed by atoms with E-state index in [4.69, 9.17) is 0 Å². The molecule has 0 atom stereocenters. The number of amides is 1. The number of hydrogen-bond acceptors (Lipinski definition) is 1. The van der Waals surface area contributed by atoms with E-state index in [1.807, 2.05) is 0 Å². The summed E-state index contributed by atoms with van der Waals surface area (Å²) in [7, 11) is 0. The molecule has 0 N–H and O–H groups in total. The van der Waals surface area contributed by atoms with Crippen molar-refractivity contribution >= 4 is 21.8 Å². The highest BCUT2D eigenvalue weighted by Crippen LogP contribution is 2.34. The molecule has 7 heteroatoms. The minimum atomic E-state index is -4.23. The first kappa shape index (κ1) is 16.3. The van der Waals surface area contributed by atoms with Crippen LogP contribution in [-0.2, 0) is 0 Å². The third kappa shape index (κ3) is 3.56. The second-order valence-corrected chi connectivity index (χ2v) is 6.04. The highest BCUT2D eigenvalue weighted by molar-refractivity contribution is 9.10. The van der Waals surface area contributed by atoms with Crippen LogP contribution in [0.15, 0.2) is 16.6 Å². The van der Waals surface area contributed by atoms with Crippen molar-refractivity contribution in [3.63, 3.8) is 0 Å². The van der Waals surface area contributed by atoms with Crippen molar-refractivity contribution in [2.75, 3.05) is 13.1 Å². The first-order chi connectivity index (χ1) is 9.70. The van der Waals surface area contributed by atoms with Gasteiger partial charge in [0, 0.05) is 17.6 Å². The van der Waals surface area contributed by atoms with Gasteiger partial charge in [0.25, 0.3) is 5.91 Å². The maximum atomic E-state index is 13.8. The fourth-order valence-electron chi connectivity index (χ4n) is 2.40. The molecule has 1 saturated heterocycles. The van der Waals surface area contributed by atoms with Gasteiger partial charge in [-0.05, 0) is 37.5 Å². The average Bonchev–Trinajstić information content (AvgIpc) is 2.41. The van der Waals surface area contributed by atoms with Crippen LogP contribution in [0.5, 0.6) is 0 Å². The first-order valence-corrected chi connectivity index (χ1v) is 7.31. The van der Waals surface area contributed by atoms with Gasteiger partial charge in [-0.2, -0.15) is 13.2 Å². The number of piperidine rings is 1. The summed E-state index contributed by atoms with van der Waals surface area (Å²) in [4.78, 5) is 13.5. The molecule has 2 rings (SSSR count). The molecule has 21 heavy (non-hydrogen) atoms. The molecule has 1 aliphatic rings. The second kappa shape index (κ2) is 5.94. The molecule has 2 nitrogen and oxygen atoms in total. The van der Waals surface area contributed by atoms with Gasteiger partial charge in [-0.15, -0.1) is 0 Å². The van der Waals surface area contributed by atoms with Gasteiger partial charge >= 0.3 is 6.18 Å². The lowest BCUT2D eigenvalue weighted by Gasteiger charge is -2.33. The van der Waals surface area contributed by atoms with Gasteiger partial charge in [-0.1, -0.05) is 15.9 Å². The van der Waals surface area contributed by atoms with Crippen LogP contribution >= 0.6 is 15.9 Å². The lowest BCUT2D eigenvalue weighted by atomic mass is 9.95. The summed E-state index contributed by atoms with van der Waals surface area (Å²) in [6.45, 7) is 1.71. The quantitative estimate of drug-likeness (QED) is 0.677. The predicted octanol–water partition coefficient (Wildman–Crippen LogP) is 4.31. The van der Waals surface area contributed by atoms with E-state index < -0.39 is 23.8 Å². The normalized spacial score (nSPS) is 17.1. The number of benzene rings is 1. The molecule has 0 aliphatic carbocycles. The van der Waals surface area contributed by atoms with Crippen molar-refractivity contribution in [3.05, 3.63) is 33.5 Å². The van der Waals surface area contributed by atoms with Crippen molar-refractivity contribution in [2.45, 2.75) is 25.9 Å². The Morgan fingerprint density at radius 2 is 1.86 bits per heavy atom. The van der Waals surface area contributed by atoms with Gasteiger partial charge in [-0.3, -0.25) is 4.79 Å². The zero-order valence-electron chi connectivity index (χ0n) is 11.3. The Labute approximate surface area is 128 Å². The first-order valence-electron chi connectivity index (χ1n) is 6.51. The highest BCUT2D eigenvalue weighted by atomic mass is 79.9. The molecule has 116 valence electrons. The maximum absolute atomic E-state index is 13.8. The Kier molecular flexibility index (Phi) is 4.60. The van der Waals surface area contributed by atoms with Crippen LogP contribution in [0.4, 0.5) is 17.6 Å². The van der Waals surface area contributed by atoms with Gasteiger partial charge in [0.2, 0.25) is 0 Å². The molecule has 0 bridgehead atoms. The van der Waals surface area contributed by atoms with Gasteiger partial charge in [0.05, 0.1) is 11.5 Å². The van der Waals surface area contributed by atoms with E-state index >= 15 is 0 Å². The zero-order chi connectivity index (χ0) is 15.8. The van der Waals surface area contributed by atoms with Gasteiger partial charge in [-0.25, -0.2) is 4.39 Å². The van der Waals surface area contributed by atoms with Crippen LogP contribution in [0.25, 0.3) is 0 Å². The van der Waals surface area contributed by atoms with E-state index in [1.165, 1.54) is 17.0 Å². The number of aryl methyl sites for hydroxylation is 1. The van der Waals surface area contributed by atoms with E-state index in [-0.39, 0.29) is 31.5 Å². The SMILES string of the molecule is Cc1cc(C(=O)N2CCC(C(F)(F)F)CC2)c(F)cc1Br. The minimum Gasteiger partial charge on any atom is -0.339 e. The largest absolute Gasteiger partial charge is 0.391 e. The summed E-state index contributed by atoms with van der Waals surface area (Å²) in [5, 5.41) is 0. The number of alkyl halides is 3. The molecular formula is C14H14BrF4NO. The van der Waals surface area contributed by atoms with E-state index in [0.717, 1.165) is 0 Å². The lowest BCUT2D eigenvalue weighted by Crippen LogP contribution is -2.42. The molecule has 0 unspecified atom stereocenters. The molecule has 1 aromatic carbocycles. The van der Waals surface area contributed by atoms with Crippen LogP contribution in [-0.4, -0.2) is 30.1 Å². The summed E-state index contributed by atoms with van der Waals surface area (Å²) >= 11 is 3.17. The summed E-state index contributed by atoms with van der Waals surface area (Å²) in [5.41, 5.74) is 0.603. The Morgan fingerprint density at radius 3 is 2.38 bits per heavy atom. The van der Waals surface area contributed by atoms with Crippen molar-refractivity contribution in [1.82, 2.24) is 4.90 Å². The molecule has 1 heterocycles. The van der Waals surface area contributed by atoms with Crippen molar-refractivity contribution in [2.24, 2.45) is 5.92 Å². The predicted molar refractivity (Wildman–Crippen MR) is 73.5 cm³/mol. The van der Waals surface area contributed by atoms with Gasteiger partial charge in [0.15, 0.2) is 0 Å². The highest BCUT2D eigenvalue weighted by Gasteiger charge is 2.41. The lowest BCUT2D eigenvalue weighted by molar-refractivity contribution is -0.183. The molecule has 1 aliphatic heterocycles. The topological polar surface area (TPSA) is 20.3 Å². The Morgan fingerprint density at radius 1 is 1.29 bits per heavy atom. The van der Waals surface area contributed by atoms with Crippen LogP contribution < -0.4 is 0 Å². The molecule has 0 spiro atoms. The number of hydrogen-bond donors (Lipinski definition) is 0. The molecule has 1 aromatic rings. The van der Waals surface area contributed by atoms with Gasteiger partial charge < -0.3 is 4.90 Å². The van der Waals surface area contributed by atoms with Crippen LogP contribution in [0.1, 0.15) is 28.8 Å².